The summed E-state index contributed by atoms with van der Waals surface area (Å²) in [6.45, 7) is 16.2. The number of β-lactam (4-membered cyclic amide) rings is 1. The van der Waals surface area contributed by atoms with Crippen LogP contribution >= 0.6 is 0 Å². The number of rotatable bonds is 6. The second kappa shape index (κ2) is 5.92. The van der Waals surface area contributed by atoms with Crippen molar-refractivity contribution in [1.29, 1.82) is 0 Å². The summed E-state index contributed by atoms with van der Waals surface area (Å²) >= 11 is 0. The Morgan fingerprint density at radius 2 is 2.05 bits per heavy atom. The standard InChI is InChI=1S/C15H27NO4Si/c1-8-9-16-12(14(18)19)11(13(16)17)10(2)20-21(6,7)15(3,4)5/h8,10-12H,1,9H2,2-7H3,(H,18,19)/t10-,11-,12+/m1/s1. The Balaban J connectivity index is 2.87. The summed E-state index contributed by atoms with van der Waals surface area (Å²) < 4.78 is 6.19. The lowest BCUT2D eigenvalue weighted by molar-refractivity contribution is -0.175. The first-order valence-electron chi connectivity index (χ1n) is 7.26. The zero-order valence-electron chi connectivity index (χ0n) is 13.8. The first kappa shape index (κ1) is 17.9. The van der Waals surface area contributed by atoms with Gasteiger partial charge >= 0.3 is 5.97 Å². The van der Waals surface area contributed by atoms with Gasteiger partial charge in [-0.05, 0) is 25.1 Å². The van der Waals surface area contributed by atoms with E-state index in [1.165, 1.54) is 4.90 Å². The lowest BCUT2D eigenvalue weighted by atomic mass is 9.83. The Morgan fingerprint density at radius 3 is 2.43 bits per heavy atom. The monoisotopic (exact) mass is 313 g/mol. The average molecular weight is 313 g/mol. The van der Waals surface area contributed by atoms with Crippen molar-refractivity contribution in [1.82, 2.24) is 4.90 Å². The van der Waals surface area contributed by atoms with Gasteiger partial charge in [0.05, 0.1) is 12.0 Å². The third-order valence-corrected chi connectivity index (χ3v) is 9.19. The molecule has 0 bridgehead atoms. The Hall–Kier alpha value is -1.14. The Bertz CT molecular complexity index is 441. The number of likely N-dealkylation sites (tertiary alicyclic amines) is 1. The molecular formula is C15H27NO4Si. The lowest BCUT2D eigenvalue weighted by Crippen LogP contribution is -2.68. The van der Waals surface area contributed by atoms with E-state index in [-0.39, 0.29) is 23.6 Å². The smallest absolute Gasteiger partial charge is 0.327 e. The number of carboxylic acids is 1. The van der Waals surface area contributed by atoms with Crippen LogP contribution in [0, 0.1) is 5.92 Å². The van der Waals surface area contributed by atoms with Gasteiger partial charge in [0.15, 0.2) is 8.32 Å². The van der Waals surface area contributed by atoms with E-state index in [1.807, 2.05) is 6.92 Å². The number of amides is 1. The van der Waals surface area contributed by atoms with Crippen molar-refractivity contribution in [2.24, 2.45) is 5.92 Å². The number of carboxylic acid groups (broad SMARTS) is 1. The van der Waals surface area contributed by atoms with Gasteiger partial charge in [-0.3, -0.25) is 4.79 Å². The largest absolute Gasteiger partial charge is 0.480 e. The van der Waals surface area contributed by atoms with Gasteiger partial charge in [-0.15, -0.1) is 6.58 Å². The maximum atomic E-state index is 12.2. The van der Waals surface area contributed by atoms with E-state index >= 15 is 0 Å². The number of aliphatic carboxylic acids is 1. The molecule has 6 heteroatoms. The number of carbonyl (C=O) groups is 2. The summed E-state index contributed by atoms with van der Waals surface area (Å²) in [7, 11) is -2.03. The van der Waals surface area contributed by atoms with Crippen LogP contribution in [0.5, 0.6) is 0 Å². The highest BCUT2D eigenvalue weighted by Gasteiger charge is 2.55. The maximum Gasteiger partial charge on any atom is 0.327 e. The minimum Gasteiger partial charge on any atom is -0.480 e. The molecule has 0 aromatic rings. The molecule has 21 heavy (non-hydrogen) atoms. The van der Waals surface area contributed by atoms with E-state index in [1.54, 1.807) is 6.08 Å². The molecule has 0 aromatic heterocycles. The van der Waals surface area contributed by atoms with Crippen molar-refractivity contribution in [2.45, 2.75) is 58.0 Å². The van der Waals surface area contributed by atoms with Gasteiger partial charge in [-0.1, -0.05) is 26.8 Å². The van der Waals surface area contributed by atoms with E-state index < -0.39 is 26.2 Å². The summed E-state index contributed by atoms with van der Waals surface area (Å²) in [6, 6.07) is -0.810. The van der Waals surface area contributed by atoms with Crippen LogP contribution in [-0.2, 0) is 14.0 Å². The molecule has 120 valence electrons. The lowest BCUT2D eigenvalue weighted by Gasteiger charge is -2.49. The minimum atomic E-state index is -2.03. The van der Waals surface area contributed by atoms with Crippen LogP contribution in [0.4, 0.5) is 0 Å². The van der Waals surface area contributed by atoms with Gasteiger partial charge in [0, 0.05) is 6.54 Å². The molecule has 1 amide bonds. The van der Waals surface area contributed by atoms with E-state index in [9.17, 15) is 14.7 Å². The fourth-order valence-electron chi connectivity index (χ4n) is 2.38. The predicted octanol–water partition coefficient (Wildman–Crippen LogP) is 2.49. The molecule has 1 saturated heterocycles. The quantitative estimate of drug-likeness (QED) is 0.465. The van der Waals surface area contributed by atoms with Gasteiger partial charge in [0.2, 0.25) is 5.91 Å². The van der Waals surface area contributed by atoms with Gasteiger partial charge in [0.25, 0.3) is 0 Å². The molecular weight excluding hydrogens is 286 g/mol. The number of hydrogen-bond acceptors (Lipinski definition) is 3. The van der Waals surface area contributed by atoms with Crippen LogP contribution in [0.25, 0.3) is 0 Å². The third-order valence-electron chi connectivity index (χ3n) is 4.62. The molecule has 0 radical (unpaired) electrons. The molecule has 1 fully saturated rings. The third kappa shape index (κ3) is 3.37. The molecule has 1 aliphatic rings. The maximum absolute atomic E-state index is 12.2. The fourth-order valence-corrected chi connectivity index (χ4v) is 3.81. The van der Waals surface area contributed by atoms with E-state index in [0.717, 1.165) is 0 Å². The molecule has 3 atom stereocenters. The molecule has 0 aromatic carbocycles. The van der Waals surface area contributed by atoms with Crippen LogP contribution in [0.1, 0.15) is 27.7 Å². The van der Waals surface area contributed by atoms with Crippen molar-refractivity contribution >= 4 is 20.2 Å². The van der Waals surface area contributed by atoms with E-state index in [4.69, 9.17) is 4.43 Å². The minimum absolute atomic E-state index is 0.0214. The van der Waals surface area contributed by atoms with Gasteiger partial charge in [-0.25, -0.2) is 4.79 Å². The topological polar surface area (TPSA) is 66.8 Å². The molecule has 0 saturated carbocycles. The van der Waals surface area contributed by atoms with E-state index in [0.29, 0.717) is 0 Å². The highest BCUT2D eigenvalue weighted by Crippen LogP contribution is 2.40. The molecule has 1 heterocycles. The second-order valence-electron chi connectivity index (χ2n) is 7.17. The first-order chi connectivity index (χ1) is 9.44. The summed E-state index contributed by atoms with van der Waals surface area (Å²) in [6.07, 6.45) is 1.16. The van der Waals surface area contributed by atoms with Crippen LogP contribution in [0.15, 0.2) is 12.7 Å². The zero-order valence-corrected chi connectivity index (χ0v) is 14.8. The molecule has 1 N–H and O–H groups in total. The first-order valence-corrected chi connectivity index (χ1v) is 10.2. The number of carbonyl (C=O) groups excluding carboxylic acids is 1. The van der Waals surface area contributed by atoms with Crippen molar-refractivity contribution in [2.75, 3.05) is 6.54 Å². The van der Waals surface area contributed by atoms with Crippen molar-refractivity contribution in [3.63, 3.8) is 0 Å². The molecule has 1 aliphatic heterocycles. The second-order valence-corrected chi connectivity index (χ2v) is 11.9. The highest BCUT2D eigenvalue weighted by atomic mass is 28.4. The van der Waals surface area contributed by atoms with Crippen LogP contribution in [-0.4, -0.2) is 48.9 Å². The zero-order chi connectivity index (χ0) is 16.6. The average Bonchev–Trinajstić information content (AvgIpc) is 2.29. The number of hydrogen-bond donors (Lipinski definition) is 1. The highest BCUT2D eigenvalue weighted by molar-refractivity contribution is 6.74. The number of nitrogens with zero attached hydrogens (tertiary/aromatic N) is 1. The Kier molecular flexibility index (Phi) is 5.05. The molecule has 1 rings (SSSR count). The molecule has 0 aliphatic carbocycles. The fraction of sp³-hybridized carbons (Fsp3) is 0.733. The molecule has 5 nitrogen and oxygen atoms in total. The SMILES string of the molecule is C=CCN1C(=O)[C@H]([C@@H](C)O[Si](C)(C)C(C)(C)C)[C@H]1C(=O)O. The summed E-state index contributed by atoms with van der Waals surface area (Å²) in [4.78, 5) is 24.9. The predicted molar refractivity (Wildman–Crippen MR) is 84.6 cm³/mol. The normalized spacial score (nSPS) is 24.5. The molecule has 0 unspecified atom stereocenters. The van der Waals surface area contributed by atoms with Gasteiger partial charge in [-0.2, -0.15) is 0 Å². The van der Waals surface area contributed by atoms with Crippen molar-refractivity contribution in [3.8, 4) is 0 Å². The van der Waals surface area contributed by atoms with Crippen molar-refractivity contribution in [3.05, 3.63) is 12.7 Å². The Morgan fingerprint density at radius 1 is 1.52 bits per heavy atom. The van der Waals surface area contributed by atoms with Crippen molar-refractivity contribution < 1.29 is 19.1 Å². The summed E-state index contributed by atoms with van der Waals surface area (Å²) in [5.41, 5.74) is 0. The van der Waals surface area contributed by atoms with Crippen LogP contribution in [0.2, 0.25) is 18.1 Å². The Labute approximate surface area is 128 Å². The van der Waals surface area contributed by atoms with E-state index in [2.05, 4.69) is 40.4 Å². The van der Waals surface area contributed by atoms with Crippen LogP contribution in [0.3, 0.4) is 0 Å². The van der Waals surface area contributed by atoms with Crippen LogP contribution < -0.4 is 0 Å². The van der Waals surface area contributed by atoms with Gasteiger partial charge < -0.3 is 14.4 Å². The summed E-state index contributed by atoms with van der Waals surface area (Å²) in [5.74, 6) is -1.74. The molecule has 0 spiro atoms. The van der Waals surface area contributed by atoms with Gasteiger partial charge in [0.1, 0.15) is 6.04 Å². The summed E-state index contributed by atoms with van der Waals surface area (Å²) in [5, 5.41) is 9.37.